The van der Waals surface area contributed by atoms with Crippen LogP contribution in [-0.2, 0) is 13.0 Å². The number of aromatic nitrogens is 1. The molecule has 0 bridgehead atoms. The number of hydrogen-bond acceptors (Lipinski definition) is 2. The van der Waals surface area contributed by atoms with E-state index in [1.54, 1.807) is 7.11 Å². The van der Waals surface area contributed by atoms with Gasteiger partial charge in [0.2, 0.25) is 0 Å². The molecule has 0 atom stereocenters. The summed E-state index contributed by atoms with van der Waals surface area (Å²) in [5.74, 6) is 0.910. The zero-order chi connectivity index (χ0) is 13.1. The second kappa shape index (κ2) is 5.31. The van der Waals surface area contributed by atoms with Gasteiger partial charge in [-0.05, 0) is 42.7 Å². The van der Waals surface area contributed by atoms with E-state index in [-0.39, 0.29) is 0 Å². The minimum absolute atomic E-state index is 0.902. The maximum Gasteiger partial charge on any atom is 0.118 e. The third kappa shape index (κ3) is 2.55. The summed E-state index contributed by atoms with van der Waals surface area (Å²) in [6.45, 7) is 1.91. The zero-order valence-electron chi connectivity index (χ0n) is 11.2. The van der Waals surface area contributed by atoms with Gasteiger partial charge in [0, 0.05) is 12.7 Å². The van der Waals surface area contributed by atoms with Crippen LogP contribution in [0.2, 0.25) is 0 Å². The lowest BCUT2D eigenvalue weighted by molar-refractivity contribution is 0.414. The van der Waals surface area contributed by atoms with E-state index in [0.29, 0.717) is 0 Å². The van der Waals surface area contributed by atoms with Crippen molar-refractivity contribution >= 4 is 5.71 Å². The fraction of sp³-hybridized carbons (Fsp3) is 0.312. The molecule has 0 radical (unpaired) electrons. The minimum atomic E-state index is 0.902. The molecular formula is C16H18N2O. The third-order valence-corrected chi connectivity index (χ3v) is 3.58. The van der Waals surface area contributed by atoms with Crippen molar-refractivity contribution in [3.8, 4) is 5.75 Å². The van der Waals surface area contributed by atoms with Crippen LogP contribution < -0.4 is 4.74 Å². The minimum Gasteiger partial charge on any atom is -0.497 e. The van der Waals surface area contributed by atoms with Crippen molar-refractivity contribution in [1.82, 2.24) is 4.57 Å². The second-order valence-corrected chi connectivity index (χ2v) is 4.76. The van der Waals surface area contributed by atoms with Crippen molar-refractivity contribution in [2.45, 2.75) is 19.4 Å². The van der Waals surface area contributed by atoms with E-state index >= 15 is 0 Å². The molecule has 1 aromatic carbocycles. The van der Waals surface area contributed by atoms with Crippen LogP contribution in [0.3, 0.4) is 0 Å². The SMILES string of the molecule is COc1ccc(CCC2=NCCn3cccc32)cc1. The van der Waals surface area contributed by atoms with Crippen LogP contribution >= 0.6 is 0 Å². The summed E-state index contributed by atoms with van der Waals surface area (Å²) in [5.41, 5.74) is 3.83. The highest BCUT2D eigenvalue weighted by atomic mass is 16.5. The molecule has 0 N–H and O–H groups in total. The number of benzene rings is 1. The number of rotatable bonds is 4. The van der Waals surface area contributed by atoms with Gasteiger partial charge in [-0.15, -0.1) is 0 Å². The van der Waals surface area contributed by atoms with E-state index in [2.05, 4.69) is 40.0 Å². The van der Waals surface area contributed by atoms with Crippen molar-refractivity contribution in [1.29, 1.82) is 0 Å². The van der Waals surface area contributed by atoms with Gasteiger partial charge in [-0.1, -0.05) is 12.1 Å². The molecule has 1 aliphatic rings. The van der Waals surface area contributed by atoms with Gasteiger partial charge in [-0.25, -0.2) is 0 Å². The molecule has 2 aromatic rings. The molecule has 98 valence electrons. The lowest BCUT2D eigenvalue weighted by Gasteiger charge is -2.16. The highest BCUT2D eigenvalue weighted by Gasteiger charge is 2.12. The highest BCUT2D eigenvalue weighted by molar-refractivity contribution is 5.99. The van der Waals surface area contributed by atoms with Crippen LogP contribution in [0.1, 0.15) is 17.7 Å². The number of nitrogens with zero attached hydrogens (tertiary/aromatic N) is 2. The van der Waals surface area contributed by atoms with Gasteiger partial charge < -0.3 is 9.30 Å². The van der Waals surface area contributed by atoms with Gasteiger partial charge in [0.25, 0.3) is 0 Å². The van der Waals surface area contributed by atoms with E-state index < -0.39 is 0 Å². The number of hydrogen-bond donors (Lipinski definition) is 0. The van der Waals surface area contributed by atoms with E-state index in [0.717, 1.165) is 31.7 Å². The Morgan fingerprint density at radius 2 is 2.00 bits per heavy atom. The summed E-state index contributed by atoms with van der Waals surface area (Å²) in [7, 11) is 1.69. The summed E-state index contributed by atoms with van der Waals surface area (Å²) in [4.78, 5) is 4.66. The maximum absolute atomic E-state index is 5.17. The van der Waals surface area contributed by atoms with Crippen LogP contribution in [0.25, 0.3) is 0 Å². The van der Waals surface area contributed by atoms with Crippen molar-refractivity contribution in [2.24, 2.45) is 4.99 Å². The summed E-state index contributed by atoms with van der Waals surface area (Å²) in [6, 6.07) is 12.5. The summed E-state index contributed by atoms with van der Waals surface area (Å²) < 4.78 is 7.46. The average Bonchev–Trinajstić information content (AvgIpc) is 2.94. The number of fused-ring (bicyclic) bond motifs is 1. The van der Waals surface area contributed by atoms with Crippen molar-refractivity contribution in [3.63, 3.8) is 0 Å². The van der Waals surface area contributed by atoms with Crippen molar-refractivity contribution in [2.75, 3.05) is 13.7 Å². The first-order valence-corrected chi connectivity index (χ1v) is 6.68. The van der Waals surface area contributed by atoms with Crippen molar-refractivity contribution < 1.29 is 4.74 Å². The van der Waals surface area contributed by atoms with Crippen LogP contribution in [0.15, 0.2) is 47.6 Å². The highest BCUT2D eigenvalue weighted by Crippen LogP contribution is 2.16. The standard InChI is InChI=1S/C16H18N2O/c1-19-14-7-4-13(5-8-14)6-9-15-16-3-2-11-18(16)12-10-17-15/h2-5,7-8,11H,6,9-10,12H2,1H3. The molecular weight excluding hydrogens is 236 g/mol. The zero-order valence-corrected chi connectivity index (χ0v) is 11.2. The molecule has 1 aromatic heterocycles. The Hall–Kier alpha value is -2.03. The third-order valence-electron chi connectivity index (χ3n) is 3.58. The van der Waals surface area contributed by atoms with Crippen LogP contribution in [0, 0.1) is 0 Å². The Morgan fingerprint density at radius 1 is 1.16 bits per heavy atom. The predicted molar refractivity (Wildman–Crippen MR) is 77.2 cm³/mol. The molecule has 3 heteroatoms. The monoisotopic (exact) mass is 254 g/mol. The van der Waals surface area contributed by atoms with E-state index in [9.17, 15) is 0 Å². The Bertz CT molecular complexity index is 581. The molecule has 0 saturated carbocycles. The van der Waals surface area contributed by atoms with E-state index in [1.807, 2.05) is 12.1 Å². The van der Waals surface area contributed by atoms with Crippen molar-refractivity contribution in [3.05, 3.63) is 53.9 Å². The quantitative estimate of drug-likeness (QED) is 0.824. The fourth-order valence-corrected chi connectivity index (χ4v) is 2.51. The average molecular weight is 254 g/mol. The first-order valence-electron chi connectivity index (χ1n) is 6.68. The molecule has 0 saturated heterocycles. The van der Waals surface area contributed by atoms with Gasteiger partial charge >= 0.3 is 0 Å². The molecule has 0 unspecified atom stereocenters. The number of methoxy groups -OCH3 is 1. The number of aryl methyl sites for hydroxylation is 1. The van der Waals surface area contributed by atoms with E-state index in [4.69, 9.17) is 4.74 Å². The Kier molecular flexibility index (Phi) is 3.36. The number of ether oxygens (including phenoxy) is 1. The van der Waals surface area contributed by atoms with Crippen LogP contribution in [0.4, 0.5) is 0 Å². The van der Waals surface area contributed by atoms with Crippen LogP contribution in [0.5, 0.6) is 5.75 Å². The first-order chi connectivity index (χ1) is 9.36. The molecule has 0 spiro atoms. The summed E-state index contributed by atoms with van der Waals surface area (Å²) in [5, 5.41) is 0. The smallest absolute Gasteiger partial charge is 0.118 e. The molecule has 2 heterocycles. The molecule has 0 amide bonds. The molecule has 3 rings (SSSR count). The largest absolute Gasteiger partial charge is 0.497 e. The summed E-state index contributed by atoms with van der Waals surface area (Å²) >= 11 is 0. The Balaban J connectivity index is 1.68. The fourth-order valence-electron chi connectivity index (χ4n) is 2.51. The lowest BCUT2D eigenvalue weighted by Crippen LogP contribution is -2.18. The van der Waals surface area contributed by atoms with Gasteiger partial charge in [0.1, 0.15) is 5.75 Å². The van der Waals surface area contributed by atoms with Crippen LogP contribution in [-0.4, -0.2) is 23.9 Å². The first kappa shape index (κ1) is 12.0. The molecule has 0 fully saturated rings. The second-order valence-electron chi connectivity index (χ2n) is 4.76. The van der Waals surface area contributed by atoms with Gasteiger partial charge in [0.15, 0.2) is 0 Å². The number of aliphatic imine (C=N–C) groups is 1. The maximum atomic E-state index is 5.17. The van der Waals surface area contributed by atoms with E-state index in [1.165, 1.54) is 17.0 Å². The predicted octanol–water partition coefficient (Wildman–Crippen LogP) is 2.93. The molecule has 0 aliphatic carbocycles. The molecule has 19 heavy (non-hydrogen) atoms. The normalized spacial score (nSPS) is 13.8. The van der Waals surface area contributed by atoms with Gasteiger partial charge in [-0.2, -0.15) is 0 Å². The Labute approximate surface area is 113 Å². The van der Waals surface area contributed by atoms with Gasteiger partial charge in [0.05, 0.1) is 25.1 Å². The lowest BCUT2D eigenvalue weighted by atomic mass is 10.0. The summed E-state index contributed by atoms with van der Waals surface area (Å²) in [6.07, 6.45) is 4.15. The molecule has 3 nitrogen and oxygen atoms in total. The Morgan fingerprint density at radius 3 is 2.79 bits per heavy atom. The topological polar surface area (TPSA) is 26.5 Å². The molecule has 1 aliphatic heterocycles. The van der Waals surface area contributed by atoms with Gasteiger partial charge in [-0.3, -0.25) is 4.99 Å².